The van der Waals surface area contributed by atoms with Gasteiger partial charge >= 0.3 is 0 Å². The summed E-state index contributed by atoms with van der Waals surface area (Å²) in [7, 11) is 0. The monoisotopic (exact) mass is 286 g/mol. The number of thiophene rings is 1. The van der Waals surface area contributed by atoms with Gasteiger partial charge in [-0.1, -0.05) is 30.3 Å². The molecular weight excluding hydrogens is 271 g/mol. The minimum absolute atomic E-state index is 0.336. The predicted molar refractivity (Wildman–Crippen MR) is 81.6 cm³/mol. The molecule has 1 heterocycles. The quantitative estimate of drug-likeness (QED) is 0.744. The topological polar surface area (TPSA) is 20.2 Å². The average Bonchev–Trinajstić information content (AvgIpc) is 2.82. The zero-order chi connectivity index (χ0) is 14.1. The maximum absolute atomic E-state index is 13.9. The Morgan fingerprint density at radius 1 is 1.20 bits per heavy atom. The van der Waals surface area contributed by atoms with E-state index in [0.29, 0.717) is 12.0 Å². The van der Waals surface area contributed by atoms with Gasteiger partial charge in [0.2, 0.25) is 0 Å². The van der Waals surface area contributed by atoms with Gasteiger partial charge in [0.15, 0.2) is 0 Å². The van der Waals surface area contributed by atoms with Crippen molar-refractivity contribution in [3.05, 3.63) is 70.4 Å². The van der Waals surface area contributed by atoms with Gasteiger partial charge in [0.25, 0.3) is 0 Å². The van der Waals surface area contributed by atoms with Crippen molar-refractivity contribution in [2.75, 3.05) is 0 Å². The number of fused-ring (bicyclic) bond motifs is 1. The van der Waals surface area contributed by atoms with E-state index in [4.69, 9.17) is 0 Å². The van der Waals surface area contributed by atoms with Crippen LogP contribution >= 0.6 is 11.3 Å². The first-order valence-electron chi connectivity index (χ1n) is 6.54. The summed E-state index contributed by atoms with van der Waals surface area (Å²) >= 11 is 1.65. The molecule has 0 spiro atoms. The summed E-state index contributed by atoms with van der Waals surface area (Å²) < 4.78 is 15.1. The number of halogens is 1. The number of hydrogen-bond acceptors (Lipinski definition) is 2. The molecule has 0 aliphatic carbocycles. The van der Waals surface area contributed by atoms with E-state index in [-0.39, 0.29) is 5.82 Å². The highest BCUT2D eigenvalue weighted by atomic mass is 32.1. The molecule has 3 heteroatoms. The summed E-state index contributed by atoms with van der Waals surface area (Å²) in [4.78, 5) is 0. The van der Waals surface area contributed by atoms with Crippen molar-refractivity contribution < 1.29 is 9.50 Å². The third-order valence-corrected chi connectivity index (χ3v) is 4.50. The van der Waals surface area contributed by atoms with Gasteiger partial charge in [-0.15, -0.1) is 11.3 Å². The largest absolute Gasteiger partial charge is 0.388 e. The first-order chi connectivity index (χ1) is 9.65. The molecule has 0 fully saturated rings. The minimum atomic E-state index is -0.811. The second-order valence-electron chi connectivity index (χ2n) is 5.00. The van der Waals surface area contributed by atoms with Gasteiger partial charge in [-0.3, -0.25) is 0 Å². The molecule has 0 aliphatic heterocycles. The number of aliphatic hydroxyl groups is 1. The Kier molecular flexibility index (Phi) is 3.55. The van der Waals surface area contributed by atoms with Crippen molar-refractivity contribution in [3.8, 4) is 0 Å². The lowest BCUT2D eigenvalue weighted by Crippen LogP contribution is -2.04. The second-order valence-corrected chi connectivity index (χ2v) is 5.91. The fourth-order valence-corrected chi connectivity index (χ4v) is 3.39. The SMILES string of the molecule is Cc1ccc(C(O)Cc2csc3ccccc23)c(F)c1. The standard InChI is InChI=1S/C17H15FOS/c1-11-6-7-14(15(18)8-11)16(19)9-12-10-20-17-5-3-2-4-13(12)17/h2-8,10,16,19H,9H2,1H3. The number of benzene rings is 2. The zero-order valence-corrected chi connectivity index (χ0v) is 12.0. The van der Waals surface area contributed by atoms with Gasteiger partial charge in [0.1, 0.15) is 5.82 Å². The molecule has 20 heavy (non-hydrogen) atoms. The van der Waals surface area contributed by atoms with Crippen LogP contribution < -0.4 is 0 Å². The summed E-state index contributed by atoms with van der Waals surface area (Å²) in [5, 5.41) is 13.5. The van der Waals surface area contributed by atoms with E-state index in [1.807, 2.05) is 36.6 Å². The first-order valence-corrected chi connectivity index (χ1v) is 7.42. The second kappa shape index (κ2) is 5.35. The third kappa shape index (κ3) is 2.47. The van der Waals surface area contributed by atoms with Crippen LogP contribution in [-0.4, -0.2) is 5.11 Å². The van der Waals surface area contributed by atoms with Crippen molar-refractivity contribution in [1.29, 1.82) is 0 Å². The first kappa shape index (κ1) is 13.3. The van der Waals surface area contributed by atoms with Crippen LogP contribution in [-0.2, 0) is 6.42 Å². The molecule has 1 unspecified atom stereocenters. The van der Waals surface area contributed by atoms with Crippen molar-refractivity contribution in [2.24, 2.45) is 0 Å². The Bertz CT molecular complexity index is 748. The smallest absolute Gasteiger partial charge is 0.129 e. The van der Waals surface area contributed by atoms with Crippen LogP contribution in [0, 0.1) is 12.7 Å². The Morgan fingerprint density at radius 2 is 2.00 bits per heavy atom. The van der Waals surface area contributed by atoms with Gasteiger partial charge in [0, 0.05) is 16.7 Å². The van der Waals surface area contributed by atoms with E-state index in [0.717, 1.165) is 16.5 Å². The fourth-order valence-electron chi connectivity index (χ4n) is 2.41. The molecule has 1 atom stereocenters. The molecular formula is C17H15FOS. The van der Waals surface area contributed by atoms with Crippen LogP contribution in [0.5, 0.6) is 0 Å². The van der Waals surface area contributed by atoms with Gasteiger partial charge in [-0.2, -0.15) is 0 Å². The molecule has 3 aromatic rings. The van der Waals surface area contributed by atoms with Crippen LogP contribution in [0.4, 0.5) is 4.39 Å². The van der Waals surface area contributed by atoms with Crippen molar-refractivity contribution >= 4 is 21.4 Å². The Hall–Kier alpha value is -1.71. The van der Waals surface area contributed by atoms with E-state index in [1.165, 1.54) is 10.8 Å². The molecule has 1 aromatic heterocycles. The molecule has 0 amide bonds. The lowest BCUT2D eigenvalue weighted by atomic mass is 9.99. The van der Waals surface area contributed by atoms with Crippen molar-refractivity contribution in [3.63, 3.8) is 0 Å². The average molecular weight is 286 g/mol. The third-order valence-electron chi connectivity index (χ3n) is 3.49. The number of aliphatic hydroxyl groups excluding tert-OH is 1. The van der Waals surface area contributed by atoms with Crippen LogP contribution in [0.15, 0.2) is 47.8 Å². The molecule has 0 bridgehead atoms. The van der Waals surface area contributed by atoms with Crippen molar-refractivity contribution in [2.45, 2.75) is 19.4 Å². The molecule has 0 aliphatic rings. The Morgan fingerprint density at radius 3 is 2.80 bits per heavy atom. The lowest BCUT2D eigenvalue weighted by molar-refractivity contribution is 0.174. The van der Waals surface area contributed by atoms with Crippen LogP contribution in [0.3, 0.4) is 0 Å². The van der Waals surface area contributed by atoms with E-state index in [9.17, 15) is 9.50 Å². The van der Waals surface area contributed by atoms with E-state index >= 15 is 0 Å². The lowest BCUT2D eigenvalue weighted by Gasteiger charge is -2.12. The molecule has 0 saturated heterocycles. The van der Waals surface area contributed by atoms with Gasteiger partial charge in [-0.05, 0) is 40.9 Å². The van der Waals surface area contributed by atoms with Gasteiger partial charge in [0.05, 0.1) is 6.10 Å². The van der Waals surface area contributed by atoms with Crippen LogP contribution in [0.25, 0.3) is 10.1 Å². The number of rotatable bonds is 3. The summed E-state index contributed by atoms with van der Waals surface area (Å²) in [6, 6.07) is 13.0. The summed E-state index contributed by atoms with van der Waals surface area (Å²) in [6.45, 7) is 1.84. The predicted octanol–water partition coefficient (Wildman–Crippen LogP) is 4.62. The Labute approximate surface area is 121 Å². The Balaban J connectivity index is 1.90. The highest BCUT2D eigenvalue weighted by Gasteiger charge is 2.15. The summed E-state index contributed by atoms with van der Waals surface area (Å²) in [5.74, 6) is -0.336. The van der Waals surface area contributed by atoms with Crippen LogP contribution in [0.2, 0.25) is 0 Å². The number of aryl methyl sites for hydroxylation is 1. The van der Waals surface area contributed by atoms with Crippen LogP contribution in [0.1, 0.15) is 22.8 Å². The molecule has 1 N–H and O–H groups in total. The maximum Gasteiger partial charge on any atom is 0.129 e. The van der Waals surface area contributed by atoms with Gasteiger partial charge < -0.3 is 5.11 Å². The summed E-state index contributed by atoms with van der Waals surface area (Å²) in [5.41, 5.74) is 2.29. The molecule has 0 radical (unpaired) electrons. The summed E-state index contributed by atoms with van der Waals surface area (Å²) in [6.07, 6.45) is -0.377. The van der Waals surface area contributed by atoms with Gasteiger partial charge in [-0.25, -0.2) is 4.39 Å². The minimum Gasteiger partial charge on any atom is -0.388 e. The highest BCUT2D eigenvalue weighted by molar-refractivity contribution is 7.17. The van der Waals surface area contributed by atoms with E-state index in [2.05, 4.69) is 6.07 Å². The van der Waals surface area contributed by atoms with E-state index in [1.54, 1.807) is 17.4 Å². The highest BCUT2D eigenvalue weighted by Crippen LogP contribution is 2.30. The fraction of sp³-hybridized carbons (Fsp3) is 0.176. The molecule has 102 valence electrons. The van der Waals surface area contributed by atoms with Crippen molar-refractivity contribution in [1.82, 2.24) is 0 Å². The van der Waals surface area contributed by atoms with E-state index < -0.39 is 6.10 Å². The molecule has 0 saturated carbocycles. The molecule has 3 rings (SSSR count). The number of hydrogen-bond donors (Lipinski definition) is 1. The maximum atomic E-state index is 13.9. The molecule has 2 aromatic carbocycles. The normalized spacial score (nSPS) is 12.8. The molecule has 1 nitrogen and oxygen atoms in total. The zero-order valence-electron chi connectivity index (χ0n) is 11.1.